The third-order valence-corrected chi connectivity index (χ3v) is 12.6. The Morgan fingerprint density at radius 2 is 1.36 bits per heavy atom. The van der Waals surface area contributed by atoms with Gasteiger partial charge in [-0.2, -0.15) is 0 Å². The number of ether oxygens (including phenoxy) is 1. The third-order valence-electron chi connectivity index (χ3n) is 10.3. The predicted octanol–water partition coefficient (Wildman–Crippen LogP) is 10.7. The van der Waals surface area contributed by atoms with Gasteiger partial charge in [0.2, 0.25) is 0 Å². The average Bonchev–Trinajstić information content (AvgIpc) is 3.66. The molecule has 2 aliphatic rings. The van der Waals surface area contributed by atoms with E-state index in [9.17, 15) is 0 Å². The average molecular weight is 1010 g/mol. The maximum absolute atomic E-state index is 6.59. The Kier molecular flexibility index (Phi) is 10.4. The van der Waals surface area contributed by atoms with Crippen LogP contribution >= 0.6 is 0 Å². The van der Waals surface area contributed by atoms with E-state index in [1.54, 1.807) is 0 Å². The van der Waals surface area contributed by atoms with E-state index >= 15 is 0 Å². The van der Waals surface area contributed by atoms with E-state index in [0.29, 0.717) is 11.5 Å². The Morgan fingerprint density at radius 1 is 0.610 bits per heavy atom. The Labute approximate surface area is 365 Å². The van der Waals surface area contributed by atoms with E-state index in [2.05, 4.69) is 156 Å². The summed E-state index contributed by atoms with van der Waals surface area (Å²) in [6, 6.07) is 55.4. The van der Waals surface area contributed by atoms with Crippen molar-refractivity contribution < 1.29 is 25.8 Å². The molecule has 3 aromatic heterocycles. The summed E-state index contributed by atoms with van der Waals surface area (Å²) in [6.07, 6.45) is 7.51. The summed E-state index contributed by atoms with van der Waals surface area (Å²) in [5.41, 5.74) is 10.4. The normalized spacial score (nSPS) is 13.0. The van der Waals surface area contributed by atoms with Crippen LogP contribution in [0.4, 0.5) is 40.1 Å². The number of rotatable bonds is 7. The zero-order valence-corrected chi connectivity index (χ0v) is 36.5. The zero-order chi connectivity index (χ0) is 39.2. The van der Waals surface area contributed by atoms with Gasteiger partial charge in [-0.15, -0.1) is 0 Å². The van der Waals surface area contributed by atoms with Crippen LogP contribution < -0.4 is 28.4 Å². The van der Waals surface area contributed by atoms with Gasteiger partial charge < -0.3 is 0 Å². The van der Waals surface area contributed by atoms with Crippen LogP contribution in [0.2, 0.25) is 0 Å². The van der Waals surface area contributed by atoms with Crippen LogP contribution in [0.5, 0.6) is 11.5 Å². The van der Waals surface area contributed by atoms with Crippen LogP contribution in [0.15, 0.2) is 164 Å². The molecule has 0 unspecified atom stereocenters. The van der Waals surface area contributed by atoms with Gasteiger partial charge in [0, 0.05) is 27.3 Å². The largest absolute Gasteiger partial charge is 0 e. The van der Waals surface area contributed by atoms with E-state index in [-0.39, 0.29) is 41.4 Å². The Morgan fingerprint density at radius 3 is 2.10 bits per heavy atom. The summed E-state index contributed by atoms with van der Waals surface area (Å²) in [4.78, 5) is 20.7. The van der Waals surface area contributed by atoms with Crippen molar-refractivity contribution in [1.82, 2.24) is 15.0 Å². The van der Waals surface area contributed by atoms with Gasteiger partial charge in [-0.1, -0.05) is 60.7 Å². The number of pyridine rings is 3. The first kappa shape index (κ1) is 38.5. The number of hydrogen-bond acceptors (Lipinski definition) is 7. The van der Waals surface area contributed by atoms with Crippen LogP contribution in [0, 0.1) is 18.8 Å². The SMILES string of the molecule is CC(C)(C)c1ccnc(N2c3[c-]c(Oc4[c-]c(N5[CH-]N(c6cc(-c7ccccc7)cc(-c7ccccc7)c6)c6ncccc65)ccc4)ccc3[Se]c3ccncc32)c1.[Pt]. The maximum Gasteiger partial charge on any atom is 0 e. The van der Waals surface area contributed by atoms with Gasteiger partial charge in [0.05, 0.1) is 0 Å². The minimum absolute atomic E-state index is 0. The van der Waals surface area contributed by atoms with Crippen LogP contribution in [-0.2, 0) is 26.5 Å². The molecule has 0 saturated heterocycles. The Bertz CT molecular complexity index is 2740. The molecular weight excluding hydrogens is 975 g/mol. The van der Waals surface area contributed by atoms with Gasteiger partial charge >= 0.3 is 240 Å². The van der Waals surface area contributed by atoms with Crippen LogP contribution in [0.1, 0.15) is 26.3 Å². The Balaban J connectivity index is 0.00000449. The van der Waals surface area contributed by atoms with Gasteiger partial charge in [0.25, 0.3) is 0 Å². The first-order chi connectivity index (χ1) is 28.4. The molecule has 9 heteroatoms. The van der Waals surface area contributed by atoms with E-state index < -0.39 is 0 Å². The molecular formula is C50H37N6OPtSe-3. The molecule has 0 aliphatic carbocycles. The van der Waals surface area contributed by atoms with E-state index in [4.69, 9.17) is 14.7 Å². The molecule has 0 atom stereocenters. The minimum Gasteiger partial charge on any atom is 0 e. The summed E-state index contributed by atoms with van der Waals surface area (Å²) < 4.78 is 9.03. The minimum atomic E-state index is -0.0365. The molecule has 10 rings (SSSR count). The predicted molar refractivity (Wildman–Crippen MR) is 235 cm³/mol. The monoisotopic (exact) mass is 1010 g/mol. The van der Waals surface area contributed by atoms with E-state index in [1.165, 1.54) is 14.5 Å². The standard InChI is InChI=1S/C50H37N6OSe.Pt/c1-50(2,3)38-21-25-52-48(29-38)56-44-31-42(19-20-46(44)58-47-22-24-51-32-45(47)56)57-41-17-10-16-39(30-41)54-33-55(49-43(54)18-11-23-53-49)40-27-36(34-12-6-4-7-13-34)26-37(28-40)35-14-8-5-9-15-35;/h4-29,32-33H,1-3H3;/q-3;. The quantitative estimate of drug-likeness (QED) is 0.116. The number of aromatic nitrogens is 3. The van der Waals surface area contributed by atoms with Crippen molar-refractivity contribution in [2.75, 3.05) is 14.7 Å². The van der Waals surface area contributed by atoms with Gasteiger partial charge in [-0.3, -0.25) is 0 Å². The summed E-state index contributed by atoms with van der Waals surface area (Å²) in [7, 11) is 0. The van der Waals surface area contributed by atoms with Crippen molar-refractivity contribution in [2.45, 2.75) is 26.2 Å². The van der Waals surface area contributed by atoms with Crippen molar-refractivity contribution in [3.8, 4) is 33.8 Å². The molecule has 0 spiro atoms. The fourth-order valence-electron chi connectivity index (χ4n) is 7.34. The number of anilines is 7. The van der Waals surface area contributed by atoms with Gasteiger partial charge in [-0.25, -0.2) is 0 Å². The molecule has 0 fully saturated rings. The summed E-state index contributed by atoms with van der Waals surface area (Å²) in [5.74, 6) is 2.82. The molecule has 59 heavy (non-hydrogen) atoms. The topological polar surface area (TPSA) is 57.6 Å². The van der Waals surface area contributed by atoms with E-state index in [1.807, 2.05) is 67.3 Å². The first-order valence-electron chi connectivity index (χ1n) is 19.2. The van der Waals surface area contributed by atoms with Crippen LogP contribution in [0.25, 0.3) is 22.3 Å². The van der Waals surface area contributed by atoms with Gasteiger partial charge in [-0.05, 0) is 40.5 Å². The number of benzene rings is 5. The molecule has 0 saturated carbocycles. The first-order valence-corrected chi connectivity index (χ1v) is 20.9. The molecule has 2 aliphatic heterocycles. The van der Waals surface area contributed by atoms with Crippen molar-refractivity contribution in [1.29, 1.82) is 0 Å². The third kappa shape index (κ3) is 7.56. The molecule has 0 amide bonds. The fourth-order valence-corrected chi connectivity index (χ4v) is 9.42. The number of nitrogens with zero attached hydrogens (tertiary/aromatic N) is 6. The summed E-state index contributed by atoms with van der Waals surface area (Å²) >= 11 is 0.0637. The molecule has 5 aromatic carbocycles. The summed E-state index contributed by atoms with van der Waals surface area (Å²) in [5, 5.41) is 0. The van der Waals surface area contributed by atoms with Gasteiger partial charge in [0.15, 0.2) is 0 Å². The van der Waals surface area contributed by atoms with Crippen molar-refractivity contribution in [3.05, 3.63) is 189 Å². The molecule has 7 nitrogen and oxygen atoms in total. The van der Waals surface area contributed by atoms with Gasteiger partial charge in [0.1, 0.15) is 0 Å². The van der Waals surface area contributed by atoms with Crippen molar-refractivity contribution >= 4 is 64.0 Å². The van der Waals surface area contributed by atoms with Crippen molar-refractivity contribution in [2.24, 2.45) is 0 Å². The number of fused-ring (bicyclic) bond motifs is 3. The second kappa shape index (κ2) is 16.0. The maximum atomic E-state index is 6.59. The zero-order valence-electron chi connectivity index (χ0n) is 32.5. The van der Waals surface area contributed by atoms with E-state index in [0.717, 1.165) is 62.3 Å². The molecule has 0 N–H and O–H groups in total. The van der Waals surface area contributed by atoms with Crippen molar-refractivity contribution in [3.63, 3.8) is 0 Å². The second-order valence-electron chi connectivity index (χ2n) is 15.2. The van der Waals surface area contributed by atoms with Crippen LogP contribution in [0.3, 0.4) is 0 Å². The Hall–Kier alpha value is -6.04. The second-order valence-corrected chi connectivity index (χ2v) is 17.4. The molecule has 292 valence electrons. The smallest absolute Gasteiger partial charge is 0 e. The summed E-state index contributed by atoms with van der Waals surface area (Å²) in [6.45, 7) is 8.74. The fraction of sp³-hybridized carbons (Fsp3) is 0.0800. The van der Waals surface area contributed by atoms with Crippen LogP contribution in [-0.4, -0.2) is 29.9 Å². The molecule has 8 aromatic rings. The molecule has 5 heterocycles. The molecule has 0 radical (unpaired) electrons. The molecule has 0 bridgehead atoms. The number of hydrogen-bond donors (Lipinski definition) is 0.